The molecule has 0 spiro atoms. The number of benzene rings is 2. The van der Waals surface area contributed by atoms with Crippen molar-refractivity contribution < 1.29 is 40.8 Å². The number of hydrogen-bond donors (Lipinski definition) is 2. The Morgan fingerprint density at radius 2 is 1.59 bits per heavy atom. The van der Waals surface area contributed by atoms with E-state index in [0.717, 1.165) is 35.9 Å². The van der Waals surface area contributed by atoms with Crippen molar-refractivity contribution in [1.29, 1.82) is 0 Å². The van der Waals surface area contributed by atoms with Crippen molar-refractivity contribution in [3.63, 3.8) is 0 Å². The average molecular weight is 466 g/mol. The zero-order valence-electron chi connectivity index (χ0n) is 17.0. The molecule has 0 saturated heterocycles. The number of fused-ring (bicyclic) bond motifs is 1. The maximum atomic E-state index is 6.24. The first-order chi connectivity index (χ1) is 13.7. The number of halogens is 1. The number of ether oxygens (including phenoxy) is 4. The molecular formula is C21H28BrN3O4. The Hall–Kier alpha value is -2.45. The minimum atomic E-state index is 0. The fraction of sp³-hybridized carbons (Fsp3) is 0.381. The lowest BCUT2D eigenvalue weighted by Gasteiger charge is -2.25. The first-order valence-electron chi connectivity index (χ1n) is 9.30. The van der Waals surface area contributed by atoms with Crippen LogP contribution in [0.4, 0.5) is 0 Å². The summed E-state index contributed by atoms with van der Waals surface area (Å²) in [6, 6.07) is 11.6. The van der Waals surface area contributed by atoms with Gasteiger partial charge >= 0.3 is 0 Å². The molecule has 1 heterocycles. The van der Waals surface area contributed by atoms with E-state index in [1.807, 2.05) is 30.3 Å². The Morgan fingerprint density at radius 1 is 0.966 bits per heavy atom. The molecule has 1 aliphatic rings. The van der Waals surface area contributed by atoms with Crippen LogP contribution in [0.1, 0.15) is 11.1 Å². The Bertz CT molecular complexity index is 845. The van der Waals surface area contributed by atoms with E-state index in [1.54, 1.807) is 21.3 Å². The van der Waals surface area contributed by atoms with E-state index in [0.29, 0.717) is 30.6 Å². The van der Waals surface area contributed by atoms with Gasteiger partial charge < -0.3 is 41.7 Å². The molecule has 0 radical (unpaired) electrons. The summed E-state index contributed by atoms with van der Waals surface area (Å²) in [5.41, 5.74) is 8.73. The van der Waals surface area contributed by atoms with Crippen molar-refractivity contribution in [1.82, 2.24) is 0 Å². The highest BCUT2D eigenvalue weighted by Gasteiger charge is 2.24. The van der Waals surface area contributed by atoms with Crippen molar-refractivity contribution in [2.45, 2.75) is 13.0 Å². The predicted molar refractivity (Wildman–Crippen MR) is 108 cm³/mol. The van der Waals surface area contributed by atoms with Gasteiger partial charge in [0.25, 0.3) is 5.96 Å². The predicted octanol–water partition coefficient (Wildman–Crippen LogP) is -1.95. The molecule has 0 aromatic heterocycles. The number of hydrogen-bond acceptors (Lipinski definition) is 5. The molecule has 0 fully saturated rings. The van der Waals surface area contributed by atoms with Crippen LogP contribution in [0.25, 0.3) is 0 Å². The second-order valence-corrected chi connectivity index (χ2v) is 6.52. The number of methoxy groups -OCH3 is 3. The van der Waals surface area contributed by atoms with E-state index in [9.17, 15) is 0 Å². The normalized spacial score (nSPS) is 15.7. The molecule has 8 heteroatoms. The van der Waals surface area contributed by atoms with Gasteiger partial charge in [0.05, 0.1) is 34.4 Å². The standard InChI is InChI=1S/C21H27N3O4.BrH/c1-25-17-6-4-5-7-18(17)28-11-9-23-21(22)24-10-8-15-12-19(26-2)20(27-3)13-16(15)14-24;/h4-7,12-13H,8-11,14H2,1-3H3,(H2,22,23);1H. The van der Waals surface area contributed by atoms with Crippen LogP contribution < -0.4 is 46.6 Å². The Morgan fingerprint density at radius 3 is 2.24 bits per heavy atom. The number of aliphatic imine (C=N–C) groups is 1. The molecule has 3 rings (SSSR count). The van der Waals surface area contributed by atoms with Crippen LogP contribution in [0.2, 0.25) is 0 Å². The molecule has 29 heavy (non-hydrogen) atoms. The number of guanidine groups is 1. The zero-order chi connectivity index (χ0) is 19.9. The van der Waals surface area contributed by atoms with Gasteiger partial charge in [-0.25, -0.2) is 4.99 Å². The van der Waals surface area contributed by atoms with Crippen molar-refractivity contribution in [3.05, 3.63) is 47.5 Å². The van der Waals surface area contributed by atoms with E-state index < -0.39 is 0 Å². The highest BCUT2D eigenvalue weighted by molar-refractivity contribution is 5.68. The number of para-hydroxylation sites is 2. The smallest absolute Gasteiger partial charge is 0.293 e. The van der Waals surface area contributed by atoms with Crippen LogP contribution in [-0.2, 0) is 13.0 Å². The molecule has 1 atom stereocenters. The number of rotatable bonds is 7. The molecule has 0 saturated carbocycles. The number of nitrogens with zero attached hydrogens (tertiary/aromatic N) is 1. The van der Waals surface area contributed by atoms with Gasteiger partial charge in [0.2, 0.25) is 0 Å². The summed E-state index contributed by atoms with van der Waals surface area (Å²) in [6.45, 7) is 2.60. The van der Waals surface area contributed by atoms with Gasteiger partial charge in [0, 0.05) is 12.0 Å². The van der Waals surface area contributed by atoms with Gasteiger partial charge in [-0.1, -0.05) is 12.1 Å². The summed E-state index contributed by atoms with van der Waals surface area (Å²) < 4.78 is 21.8. The van der Waals surface area contributed by atoms with Gasteiger partial charge in [-0.15, -0.1) is 0 Å². The Kier molecular flexibility index (Phi) is 8.60. The average Bonchev–Trinajstić information content (AvgIpc) is 2.75. The van der Waals surface area contributed by atoms with Crippen molar-refractivity contribution in [2.24, 2.45) is 10.7 Å². The van der Waals surface area contributed by atoms with E-state index in [-0.39, 0.29) is 17.0 Å². The highest BCUT2D eigenvalue weighted by Crippen LogP contribution is 2.31. The molecule has 0 amide bonds. The summed E-state index contributed by atoms with van der Waals surface area (Å²) >= 11 is 0. The second-order valence-electron chi connectivity index (χ2n) is 6.52. The highest BCUT2D eigenvalue weighted by atomic mass is 79.9. The molecule has 0 bridgehead atoms. The largest absolute Gasteiger partial charge is 1.00 e. The number of nitrogens with two attached hydrogens (primary N) is 1. The molecule has 2 aromatic carbocycles. The fourth-order valence-electron chi connectivity index (χ4n) is 3.35. The van der Waals surface area contributed by atoms with Crippen LogP contribution in [0.3, 0.4) is 0 Å². The zero-order valence-corrected chi connectivity index (χ0v) is 18.6. The third kappa shape index (κ3) is 5.55. The van der Waals surface area contributed by atoms with Crippen LogP contribution in [0.5, 0.6) is 23.0 Å². The molecular weight excluding hydrogens is 438 g/mol. The molecule has 2 aromatic rings. The van der Waals surface area contributed by atoms with E-state index in [2.05, 4.69) is 11.1 Å². The van der Waals surface area contributed by atoms with Crippen LogP contribution >= 0.6 is 0 Å². The molecule has 1 aliphatic heterocycles. The summed E-state index contributed by atoms with van der Waals surface area (Å²) in [5, 5.41) is 0. The van der Waals surface area contributed by atoms with Crippen LogP contribution in [0.15, 0.2) is 41.4 Å². The van der Waals surface area contributed by atoms with Crippen molar-refractivity contribution in [3.8, 4) is 23.0 Å². The first-order valence-corrected chi connectivity index (χ1v) is 9.30. The number of nitrogens with one attached hydrogen (secondary N) is 1. The van der Waals surface area contributed by atoms with Gasteiger partial charge in [0.1, 0.15) is 13.2 Å². The van der Waals surface area contributed by atoms with Crippen LogP contribution in [-0.4, -0.2) is 47.0 Å². The molecule has 158 valence electrons. The molecule has 7 nitrogen and oxygen atoms in total. The van der Waals surface area contributed by atoms with Crippen molar-refractivity contribution in [2.75, 3.05) is 41.0 Å². The van der Waals surface area contributed by atoms with E-state index in [4.69, 9.17) is 24.7 Å². The Labute approximate surface area is 182 Å². The summed E-state index contributed by atoms with van der Waals surface area (Å²) in [7, 11) is 4.93. The molecule has 1 unspecified atom stereocenters. The lowest BCUT2D eigenvalue weighted by molar-refractivity contribution is -0.824. The lowest BCUT2D eigenvalue weighted by Crippen LogP contribution is -3.15. The molecule has 0 aliphatic carbocycles. The van der Waals surface area contributed by atoms with Crippen LogP contribution in [0, 0.1) is 0 Å². The molecule has 3 N–H and O–H groups in total. The summed E-state index contributed by atoms with van der Waals surface area (Å²) in [4.78, 5) is 5.65. The minimum absolute atomic E-state index is 0. The monoisotopic (exact) mass is 465 g/mol. The fourth-order valence-corrected chi connectivity index (χ4v) is 3.35. The Balaban J connectivity index is 0.00000300. The number of quaternary nitrogens is 1. The topological polar surface area (TPSA) is 79.7 Å². The van der Waals surface area contributed by atoms with E-state index in [1.165, 1.54) is 11.1 Å². The SMILES string of the molecule is COc1cc2c(cc1OC)C[NH+](C(N)=NCCOc1ccccc1OC)CC2.[Br-]. The van der Waals surface area contributed by atoms with Gasteiger partial charge in [-0.2, -0.15) is 0 Å². The lowest BCUT2D eigenvalue weighted by atomic mass is 9.99. The first kappa shape index (κ1) is 22.8. The summed E-state index contributed by atoms with van der Waals surface area (Å²) in [5.74, 6) is 3.52. The maximum absolute atomic E-state index is 6.24. The van der Waals surface area contributed by atoms with Gasteiger partial charge in [-0.3, -0.25) is 4.90 Å². The van der Waals surface area contributed by atoms with E-state index >= 15 is 0 Å². The van der Waals surface area contributed by atoms with Crippen molar-refractivity contribution >= 4 is 5.96 Å². The second kappa shape index (κ2) is 10.9. The third-order valence-electron chi connectivity index (χ3n) is 4.87. The van der Waals surface area contributed by atoms with Gasteiger partial charge in [0.15, 0.2) is 23.0 Å². The maximum Gasteiger partial charge on any atom is 0.293 e. The minimum Gasteiger partial charge on any atom is -1.00 e. The quantitative estimate of drug-likeness (QED) is 0.282. The summed E-state index contributed by atoms with van der Waals surface area (Å²) in [6.07, 6.45) is 0.916. The van der Waals surface area contributed by atoms with Gasteiger partial charge in [-0.05, 0) is 29.8 Å². The third-order valence-corrected chi connectivity index (χ3v) is 4.87.